The third-order valence-corrected chi connectivity index (χ3v) is 3.07. The van der Waals surface area contributed by atoms with Gasteiger partial charge in [-0.05, 0) is 25.7 Å². The van der Waals surface area contributed by atoms with Crippen molar-refractivity contribution >= 4 is 0 Å². The van der Waals surface area contributed by atoms with E-state index in [1.54, 1.807) is 0 Å². The lowest BCUT2D eigenvalue weighted by molar-refractivity contribution is -0.655. The van der Waals surface area contributed by atoms with Crippen molar-refractivity contribution in [3.8, 4) is 0 Å². The second kappa shape index (κ2) is 8.55. The van der Waals surface area contributed by atoms with Crippen molar-refractivity contribution in [2.75, 3.05) is 13.1 Å². The highest BCUT2D eigenvalue weighted by molar-refractivity contribution is 4.48. The fourth-order valence-corrected chi connectivity index (χ4v) is 2.14. The van der Waals surface area contributed by atoms with Crippen LogP contribution in [-0.2, 0) is 0 Å². The predicted octanol–water partition coefficient (Wildman–Crippen LogP) is 2.46. The molecule has 0 radical (unpaired) electrons. The summed E-state index contributed by atoms with van der Waals surface area (Å²) in [6.45, 7) is 2.75. The third kappa shape index (κ3) is 7.06. The van der Waals surface area contributed by atoms with Gasteiger partial charge >= 0.3 is 0 Å². The van der Waals surface area contributed by atoms with Crippen LogP contribution in [0.4, 0.5) is 0 Å². The Kier molecular flexibility index (Phi) is 7.26. The van der Waals surface area contributed by atoms with Crippen molar-refractivity contribution in [3.63, 3.8) is 0 Å². The van der Waals surface area contributed by atoms with Gasteiger partial charge in [0.15, 0.2) is 0 Å². The molecule has 1 nitrogen and oxygen atoms in total. The maximum atomic E-state index is 2.51. The summed E-state index contributed by atoms with van der Waals surface area (Å²) in [5.41, 5.74) is 0. The van der Waals surface area contributed by atoms with Gasteiger partial charge in [0.25, 0.3) is 0 Å². The first-order valence-corrected chi connectivity index (χ1v) is 6.32. The van der Waals surface area contributed by atoms with Crippen molar-refractivity contribution in [2.45, 2.75) is 64.2 Å². The average molecular weight is 184 g/mol. The van der Waals surface area contributed by atoms with Crippen LogP contribution in [-0.4, -0.2) is 13.1 Å². The van der Waals surface area contributed by atoms with Crippen LogP contribution >= 0.6 is 0 Å². The fraction of sp³-hybridized carbons (Fsp3) is 1.00. The highest BCUT2D eigenvalue weighted by Gasteiger charge is 1.97. The summed E-state index contributed by atoms with van der Waals surface area (Å²) >= 11 is 0. The topological polar surface area (TPSA) is 16.6 Å². The molecule has 0 saturated carbocycles. The first-order chi connectivity index (χ1) is 6.50. The van der Waals surface area contributed by atoms with Gasteiger partial charge in [-0.3, -0.25) is 0 Å². The van der Waals surface area contributed by atoms with E-state index in [1.807, 2.05) is 0 Å². The zero-order valence-electron chi connectivity index (χ0n) is 9.06. The number of rotatable bonds is 0. The van der Waals surface area contributed by atoms with Gasteiger partial charge in [0.2, 0.25) is 0 Å². The first kappa shape index (κ1) is 11.0. The summed E-state index contributed by atoms with van der Waals surface area (Å²) in [4.78, 5) is 0. The average Bonchev–Trinajstić information content (AvgIpc) is 2.18. The molecular weight excluding hydrogens is 158 g/mol. The van der Waals surface area contributed by atoms with Crippen LogP contribution in [0.3, 0.4) is 0 Å². The lowest BCUT2D eigenvalue weighted by Gasteiger charge is -2.00. The molecule has 0 aromatic carbocycles. The second-order valence-corrected chi connectivity index (χ2v) is 4.40. The summed E-state index contributed by atoms with van der Waals surface area (Å²) in [5.74, 6) is 0. The van der Waals surface area contributed by atoms with Gasteiger partial charge in [0.1, 0.15) is 0 Å². The lowest BCUT2D eigenvalue weighted by Crippen LogP contribution is -2.84. The van der Waals surface area contributed by atoms with Gasteiger partial charge in [-0.2, -0.15) is 0 Å². The van der Waals surface area contributed by atoms with E-state index >= 15 is 0 Å². The maximum Gasteiger partial charge on any atom is 0.0755 e. The molecule has 1 fully saturated rings. The minimum Gasteiger partial charge on any atom is -0.346 e. The van der Waals surface area contributed by atoms with E-state index < -0.39 is 0 Å². The molecule has 0 atom stereocenters. The van der Waals surface area contributed by atoms with Crippen molar-refractivity contribution in [1.29, 1.82) is 0 Å². The summed E-state index contributed by atoms with van der Waals surface area (Å²) in [6, 6.07) is 0. The van der Waals surface area contributed by atoms with Gasteiger partial charge < -0.3 is 5.32 Å². The minimum absolute atomic E-state index is 1.38. The van der Waals surface area contributed by atoms with Crippen LogP contribution in [0.1, 0.15) is 64.2 Å². The molecule has 0 aliphatic carbocycles. The number of nitrogens with two attached hydrogens (primary N) is 1. The quantitative estimate of drug-likeness (QED) is 0.595. The predicted molar refractivity (Wildman–Crippen MR) is 57.8 cm³/mol. The summed E-state index contributed by atoms with van der Waals surface area (Å²) in [5, 5.41) is 2.51. The molecule has 2 N–H and O–H groups in total. The van der Waals surface area contributed by atoms with E-state index in [4.69, 9.17) is 0 Å². The highest BCUT2D eigenvalue weighted by atomic mass is 14.8. The molecule has 0 aromatic rings. The molecule has 78 valence electrons. The van der Waals surface area contributed by atoms with Crippen LogP contribution in [0.15, 0.2) is 0 Å². The monoisotopic (exact) mass is 184 g/mol. The number of hydrogen-bond acceptors (Lipinski definition) is 0. The fourth-order valence-electron chi connectivity index (χ4n) is 2.14. The van der Waals surface area contributed by atoms with Gasteiger partial charge in [-0.25, -0.2) is 0 Å². The molecule has 13 heavy (non-hydrogen) atoms. The van der Waals surface area contributed by atoms with E-state index in [0.29, 0.717) is 0 Å². The number of hydrogen-bond donors (Lipinski definition) is 1. The minimum atomic E-state index is 1.38. The van der Waals surface area contributed by atoms with Gasteiger partial charge in [0.05, 0.1) is 13.1 Å². The molecule has 1 saturated heterocycles. The molecule has 1 heterocycles. The summed E-state index contributed by atoms with van der Waals surface area (Å²) in [6.07, 6.45) is 14.7. The Morgan fingerprint density at radius 2 is 0.692 bits per heavy atom. The number of quaternary nitrogens is 1. The molecule has 1 aliphatic rings. The van der Waals surface area contributed by atoms with Crippen LogP contribution in [0, 0.1) is 0 Å². The Hall–Kier alpha value is -0.0400. The highest BCUT2D eigenvalue weighted by Crippen LogP contribution is 2.10. The SMILES string of the molecule is C1CCCCCC[NH2+]CCCCC1. The molecule has 0 spiro atoms. The van der Waals surface area contributed by atoms with Crippen molar-refractivity contribution < 1.29 is 5.32 Å². The van der Waals surface area contributed by atoms with E-state index in [2.05, 4.69) is 5.32 Å². The van der Waals surface area contributed by atoms with Gasteiger partial charge in [-0.1, -0.05) is 38.5 Å². The molecule has 0 unspecified atom stereocenters. The normalized spacial score (nSPS) is 24.0. The van der Waals surface area contributed by atoms with Crippen LogP contribution in [0.25, 0.3) is 0 Å². The molecule has 1 aliphatic heterocycles. The zero-order chi connectivity index (χ0) is 9.19. The molecule has 0 aromatic heterocycles. The molecule has 0 bridgehead atoms. The first-order valence-electron chi connectivity index (χ1n) is 6.32. The van der Waals surface area contributed by atoms with Crippen LogP contribution < -0.4 is 5.32 Å². The van der Waals surface area contributed by atoms with Crippen LogP contribution in [0.5, 0.6) is 0 Å². The third-order valence-electron chi connectivity index (χ3n) is 3.07. The molecule has 1 rings (SSSR count). The summed E-state index contributed by atoms with van der Waals surface area (Å²) in [7, 11) is 0. The van der Waals surface area contributed by atoms with E-state index in [9.17, 15) is 0 Å². The van der Waals surface area contributed by atoms with E-state index in [1.165, 1.54) is 77.3 Å². The molecule has 0 amide bonds. The Morgan fingerprint density at radius 3 is 1.08 bits per heavy atom. The van der Waals surface area contributed by atoms with Crippen LogP contribution in [0.2, 0.25) is 0 Å². The Labute approximate surface area is 83.3 Å². The Bertz CT molecular complexity index is 53.2. The van der Waals surface area contributed by atoms with Gasteiger partial charge in [0, 0.05) is 0 Å². The Balaban J connectivity index is 2.01. The van der Waals surface area contributed by atoms with Crippen molar-refractivity contribution in [2.24, 2.45) is 0 Å². The van der Waals surface area contributed by atoms with Crippen molar-refractivity contribution in [3.05, 3.63) is 0 Å². The standard InChI is InChI=1S/C12H25N/c1-2-4-6-8-10-12-13-11-9-7-5-3-1/h13H,1-12H2/p+1. The molecular formula is C12H26N+. The second-order valence-electron chi connectivity index (χ2n) is 4.40. The van der Waals surface area contributed by atoms with E-state index in [0.717, 1.165) is 0 Å². The Morgan fingerprint density at radius 1 is 0.385 bits per heavy atom. The van der Waals surface area contributed by atoms with Crippen molar-refractivity contribution in [1.82, 2.24) is 0 Å². The summed E-state index contributed by atoms with van der Waals surface area (Å²) < 4.78 is 0. The maximum absolute atomic E-state index is 2.51. The lowest BCUT2D eigenvalue weighted by atomic mass is 10.1. The van der Waals surface area contributed by atoms with Gasteiger partial charge in [-0.15, -0.1) is 0 Å². The smallest absolute Gasteiger partial charge is 0.0755 e. The molecule has 1 heteroatoms. The van der Waals surface area contributed by atoms with E-state index in [-0.39, 0.29) is 0 Å². The largest absolute Gasteiger partial charge is 0.346 e. The zero-order valence-corrected chi connectivity index (χ0v) is 9.06.